The van der Waals surface area contributed by atoms with Gasteiger partial charge in [0.25, 0.3) is 0 Å². The molecule has 0 N–H and O–H groups in total. The Balaban J connectivity index is 1.77. The van der Waals surface area contributed by atoms with Crippen molar-refractivity contribution >= 4 is 5.97 Å². The number of esters is 1. The molecular formula is C14H14O2. The molecule has 2 unspecified atom stereocenters. The van der Waals surface area contributed by atoms with Crippen molar-refractivity contribution in [1.82, 2.24) is 0 Å². The van der Waals surface area contributed by atoms with Gasteiger partial charge in [0.15, 0.2) is 0 Å². The van der Waals surface area contributed by atoms with Crippen molar-refractivity contribution in [3.8, 4) is 5.75 Å². The van der Waals surface area contributed by atoms with Gasteiger partial charge < -0.3 is 4.74 Å². The molecule has 1 saturated carbocycles. The summed E-state index contributed by atoms with van der Waals surface area (Å²) in [4.78, 5) is 12.1. The quantitative estimate of drug-likeness (QED) is 0.430. The molecule has 3 rings (SSSR count). The van der Waals surface area contributed by atoms with Crippen LogP contribution in [0.3, 0.4) is 0 Å². The highest BCUT2D eigenvalue weighted by molar-refractivity contribution is 5.82. The van der Waals surface area contributed by atoms with Gasteiger partial charge in [-0.2, -0.15) is 0 Å². The Bertz CT molecular complexity index is 435. The second-order valence-corrected chi connectivity index (χ2v) is 4.72. The van der Waals surface area contributed by atoms with Gasteiger partial charge in [-0.15, -0.1) is 0 Å². The third kappa shape index (κ3) is 1.45. The Kier molecular flexibility index (Phi) is 2.10. The average Bonchev–Trinajstić information content (AvgIpc) is 2.91. The van der Waals surface area contributed by atoms with Crippen molar-refractivity contribution < 1.29 is 9.53 Å². The highest BCUT2D eigenvalue weighted by Gasteiger charge is 2.47. The van der Waals surface area contributed by atoms with E-state index in [0.717, 1.165) is 19.3 Å². The molecular weight excluding hydrogens is 200 g/mol. The largest absolute Gasteiger partial charge is 0.426 e. The number of carbonyl (C=O) groups is 1. The van der Waals surface area contributed by atoms with Crippen molar-refractivity contribution in [2.75, 3.05) is 0 Å². The molecule has 1 aromatic rings. The maximum absolute atomic E-state index is 12.1. The molecule has 2 aliphatic carbocycles. The van der Waals surface area contributed by atoms with Crippen molar-refractivity contribution in [1.29, 1.82) is 0 Å². The van der Waals surface area contributed by atoms with Gasteiger partial charge in [0.2, 0.25) is 0 Å². The molecule has 2 nitrogen and oxygen atoms in total. The monoisotopic (exact) mass is 214 g/mol. The number of hydrogen-bond acceptors (Lipinski definition) is 2. The number of allylic oxidation sites excluding steroid dienone is 1. The summed E-state index contributed by atoms with van der Waals surface area (Å²) in [7, 11) is 0. The van der Waals surface area contributed by atoms with Crippen molar-refractivity contribution in [2.24, 2.45) is 11.3 Å². The van der Waals surface area contributed by atoms with E-state index in [0.29, 0.717) is 11.7 Å². The maximum atomic E-state index is 12.1. The first kappa shape index (κ1) is 9.64. The summed E-state index contributed by atoms with van der Waals surface area (Å²) < 4.78 is 5.43. The van der Waals surface area contributed by atoms with E-state index in [1.807, 2.05) is 36.4 Å². The van der Waals surface area contributed by atoms with Crippen LogP contribution in [0.5, 0.6) is 5.75 Å². The van der Waals surface area contributed by atoms with E-state index in [9.17, 15) is 4.79 Å². The predicted octanol–water partition coefficient (Wildman–Crippen LogP) is 2.95. The van der Waals surface area contributed by atoms with Crippen LogP contribution in [0, 0.1) is 11.3 Å². The first-order chi connectivity index (χ1) is 7.78. The minimum Gasteiger partial charge on any atom is -0.426 e. The number of rotatable bonds is 2. The minimum absolute atomic E-state index is 0.0880. The Morgan fingerprint density at radius 1 is 1.31 bits per heavy atom. The van der Waals surface area contributed by atoms with Crippen LogP contribution in [-0.4, -0.2) is 5.97 Å². The third-order valence-corrected chi connectivity index (χ3v) is 3.64. The lowest BCUT2D eigenvalue weighted by atomic mass is 9.88. The molecule has 0 aliphatic heterocycles. The zero-order chi connectivity index (χ0) is 11.0. The van der Waals surface area contributed by atoms with Crippen LogP contribution in [0.4, 0.5) is 0 Å². The fourth-order valence-electron chi connectivity index (χ4n) is 2.70. The fraction of sp³-hybridized carbons (Fsp3) is 0.357. The molecule has 1 fully saturated rings. The number of hydrogen-bond donors (Lipinski definition) is 0. The predicted molar refractivity (Wildman–Crippen MR) is 61.0 cm³/mol. The van der Waals surface area contributed by atoms with Crippen LogP contribution in [0.1, 0.15) is 19.3 Å². The molecule has 0 amide bonds. The van der Waals surface area contributed by atoms with E-state index in [1.54, 1.807) is 0 Å². The van der Waals surface area contributed by atoms with Crippen molar-refractivity contribution in [3.05, 3.63) is 42.5 Å². The molecule has 82 valence electrons. The molecule has 16 heavy (non-hydrogen) atoms. The van der Waals surface area contributed by atoms with Gasteiger partial charge in [0.05, 0.1) is 5.41 Å². The summed E-state index contributed by atoms with van der Waals surface area (Å²) in [5.74, 6) is 1.16. The summed E-state index contributed by atoms with van der Waals surface area (Å²) in [6.07, 6.45) is 7.22. The Hall–Kier alpha value is -1.57. The molecule has 1 aromatic carbocycles. The molecule has 2 bridgehead atoms. The minimum atomic E-state index is -0.319. The first-order valence-electron chi connectivity index (χ1n) is 5.75. The Labute approximate surface area is 94.9 Å². The topological polar surface area (TPSA) is 26.3 Å². The third-order valence-electron chi connectivity index (χ3n) is 3.64. The molecule has 0 saturated heterocycles. The van der Waals surface area contributed by atoms with Crippen molar-refractivity contribution in [3.63, 3.8) is 0 Å². The number of ether oxygens (including phenoxy) is 1. The molecule has 2 heteroatoms. The SMILES string of the molecule is O=C(Oc1ccccc1)C12C=CC(CC1)C2. The van der Waals surface area contributed by atoms with Crippen molar-refractivity contribution in [2.45, 2.75) is 19.3 Å². The van der Waals surface area contributed by atoms with Crippen LogP contribution in [0.2, 0.25) is 0 Å². The highest BCUT2D eigenvalue weighted by atomic mass is 16.5. The van der Waals surface area contributed by atoms with Gasteiger partial charge in [0, 0.05) is 0 Å². The number of fused-ring (bicyclic) bond motifs is 2. The van der Waals surface area contributed by atoms with Crippen LogP contribution in [0.25, 0.3) is 0 Å². The molecule has 0 spiro atoms. The summed E-state index contributed by atoms with van der Waals surface area (Å²) in [6, 6.07) is 9.31. The fourth-order valence-corrected chi connectivity index (χ4v) is 2.70. The molecule has 0 radical (unpaired) electrons. The van der Waals surface area contributed by atoms with Crippen LogP contribution in [-0.2, 0) is 4.79 Å². The number of para-hydroxylation sites is 1. The summed E-state index contributed by atoms with van der Waals surface area (Å²) in [5, 5.41) is 0. The van der Waals surface area contributed by atoms with Crippen LogP contribution in [0.15, 0.2) is 42.5 Å². The second-order valence-electron chi connectivity index (χ2n) is 4.72. The van der Waals surface area contributed by atoms with E-state index in [-0.39, 0.29) is 11.4 Å². The van der Waals surface area contributed by atoms with E-state index in [2.05, 4.69) is 6.08 Å². The molecule has 2 atom stereocenters. The lowest BCUT2D eigenvalue weighted by Crippen LogP contribution is -2.29. The van der Waals surface area contributed by atoms with Gasteiger partial charge in [-0.05, 0) is 37.3 Å². The van der Waals surface area contributed by atoms with E-state index in [1.165, 1.54) is 0 Å². The summed E-state index contributed by atoms with van der Waals surface area (Å²) >= 11 is 0. The molecule has 0 heterocycles. The van der Waals surface area contributed by atoms with E-state index in [4.69, 9.17) is 4.74 Å². The summed E-state index contributed by atoms with van der Waals surface area (Å²) in [6.45, 7) is 0. The lowest BCUT2D eigenvalue weighted by Gasteiger charge is -2.20. The normalized spacial score (nSPS) is 30.6. The van der Waals surface area contributed by atoms with Crippen LogP contribution >= 0.6 is 0 Å². The Morgan fingerprint density at radius 2 is 2.12 bits per heavy atom. The molecule has 2 aliphatic rings. The van der Waals surface area contributed by atoms with Gasteiger partial charge in [0.1, 0.15) is 5.75 Å². The van der Waals surface area contributed by atoms with E-state index >= 15 is 0 Å². The first-order valence-corrected chi connectivity index (χ1v) is 5.75. The van der Waals surface area contributed by atoms with Crippen LogP contribution < -0.4 is 4.74 Å². The zero-order valence-corrected chi connectivity index (χ0v) is 9.06. The maximum Gasteiger partial charge on any atom is 0.321 e. The number of carbonyl (C=O) groups excluding carboxylic acids is 1. The van der Waals surface area contributed by atoms with Gasteiger partial charge in [-0.1, -0.05) is 30.4 Å². The molecule has 0 aromatic heterocycles. The number of benzene rings is 1. The average molecular weight is 214 g/mol. The lowest BCUT2D eigenvalue weighted by molar-refractivity contribution is -0.142. The second kappa shape index (κ2) is 3.48. The highest BCUT2D eigenvalue weighted by Crippen LogP contribution is 2.49. The Morgan fingerprint density at radius 3 is 2.69 bits per heavy atom. The zero-order valence-electron chi connectivity index (χ0n) is 9.06. The van der Waals surface area contributed by atoms with Gasteiger partial charge in [-0.3, -0.25) is 4.79 Å². The smallest absolute Gasteiger partial charge is 0.321 e. The van der Waals surface area contributed by atoms with E-state index < -0.39 is 0 Å². The van der Waals surface area contributed by atoms with Gasteiger partial charge in [-0.25, -0.2) is 0 Å². The summed E-state index contributed by atoms with van der Waals surface area (Å²) in [5.41, 5.74) is -0.319. The van der Waals surface area contributed by atoms with Gasteiger partial charge >= 0.3 is 5.97 Å². The standard InChI is InChI=1S/C14H14O2/c15-13(16-12-4-2-1-3-5-12)14-8-6-11(10-14)7-9-14/h1-6,8,11H,7,9-10H2.